The van der Waals surface area contributed by atoms with Crippen molar-refractivity contribution in [3.8, 4) is 0 Å². The van der Waals surface area contributed by atoms with E-state index in [1.807, 2.05) is 30.0 Å². The zero-order chi connectivity index (χ0) is 14.5. The van der Waals surface area contributed by atoms with E-state index in [1.165, 1.54) is 0 Å². The van der Waals surface area contributed by atoms with Crippen LogP contribution in [0.3, 0.4) is 0 Å². The van der Waals surface area contributed by atoms with Crippen LogP contribution >= 0.6 is 11.8 Å². The fourth-order valence-electron chi connectivity index (χ4n) is 2.45. The lowest BCUT2D eigenvalue weighted by atomic mass is 10.1. The van der Waals surface area contributed by atoms with Gasteiger partial charge in [0.15, 0.2) is 0 Å². The van der Waals surface area contributed by atoms with Crippen LogP contribution in [0.4, 0.5) is 5.82 Å². The zero-order valence-electron chi connectivity index (χ0n) is 12.3. The molecule has 20 heavy (non-hydrogen) atoms. The molecule has 0 radical (unpaired) electrons. The SMILES string of the molecule is CCC(CSC)N(C)c1nc(CO)cc2ccccc12. The van der Waals surface area contributed by atoms with Gasteiger partial charge in [-0.1, -0.05) is 31.2 Å². The minimum atomic E-state index is -0.0228. The van der Waals surface area contributed by atoms with Crippen LogP contribution in [0, 0.1) is 0 Å². The van der Waals surface area contributed by atoms with Gasteiger partial charge in [0.1, 0.15) is 5.82 Å². The maximum Gasteiger partial charge on any atom is 0.136 e. The molecule has 1 unspecified atom stereocenters. The quantitative estimate of drug-likeness (QED) is 0.885. The summed E-state index contributed by atoms with van der Waals surface area (Å²) in [4.78, 5) is 6.89. The van der Waals surface area contributed by atoms with Crippen molar-refractivity contribution in [2.45, 2.75) is 26.0 Å². The van der Waals surface area contributed by atoms with Crippen molar-refractivity contribution in [2.75, 3.05) is 24.0 Å². The molecule has 0 amide bonds. The summed E-state index contributed by atoms with van der Waals surface area (Å²) in [7, 11) is 2.10. The fraction of sp³-hybridized carbons (Fsp3) is 0.438. The van der Waals surface area contributed by atoms with Crippen LogP contribution in [-0.2, 0) is 6.61 Å². The lowest BCUT2D eigenvalue weighted by molar-refractivity contribution is 0.277. The number of benzene rings is 1. The molecular weight excluding hydrogens is 268 g/mol. The van der Waals surface area contributed by atoms with Crippen LogP contribution in [0.5, 0.6) is 0 Å². The van der Waals surface area contributed by atoms with Crippen molar-refractivity contribution in [2.24, 2.45) is 0 Å². The van der Waals surface area contributed by atoms with Gasteiger partial charge in [0, 0.05) is 24.2 Å². The van der Waals surface area contributed by atoms with Gasteiger partial charge in [-0.25, -0.2) is 4.98 Å². The van der Waals surface area contributed by atoms with Crippen LogP contribution in [0.15, 0.2) is 30.3 Å². The highest BCUT2D eigenvalue weighted by Gasteiger charge is 2.17. The summed E-state index contributed by atoms with van der Waals surface area (Å²) in [5.41, 5.74) is 0.726. The molecule has 0 aliphatic heterocycles. The molecule has 0 bridgehead atoms. The Hall–Kier alpha value is -1.26. The lowest BCUT2D eigenvalue weighted by Crippen LogP contribution is -2.34. The van der Waals surface area contributed by atoms with Crippen LogP contribution in [0.1, 0.15) is 19.0 Å². The Bertz CT molecular complexity index is 573. The summed E-state index contributed by atoms with van der Waals surface area (Å²) in [6.45, 7) is 2.18. The number of thioether (sulfide) groups is 1. The Labute approximate surface area is 125 Å². The first kappa shape index (κ1) is 15.1. The number of pyridine rings is 1. The Kier molecular flexibility index (Phi) is 5.26. The van der Waals surface area contributed by atoms with Gasteiger partial charge in [-0.3, -0.25) is 0 Å². The highest BCUT2D eigenvalue weighted by molar-refractivity contribution is 7.98. The molecule has 2 aromatic rings. The van der Waals surface area contributed by atoms with Crippen molar-refractivity contribution in [3.63, 3.8) is 0 Å². The largest absolute Gasteiger partial charge is 0.390 e. The first-order valence-corrected chi connectivity index (χ1v) is 8.32. The van der Waals surface area contributed by atoms with Crippen LogP contribution in [0.2, 0.25) is 0 Å². The topological polar surface area (TPSA) is 36.4 Å². The molecule has 0 aliphatic rings. The van der Waals surface area contributed by atoms with E-state index in [2.05, 4.69) is 42.2 Å². The van der Waals surface area contributed by atoms with Crippen molar-refractivity contribution < 1.29 is 5.11 Å². The number of aromatic nitrogens is 1. The van der Waals surface area contributed by atoms with Gasteiger partial charge in [-0.15, -0.1) is 0 Å². The number of hydrogen-bond donors (Lipinski definition) is 1. The van der Waals surface area contributed by atoms with Crippen LogP contribution in [0.25, 0.3) is 10.8 Å². The van der Waals surface area contributed by atoms with Gasteiger partial charge in [0.2, 0.25) is 0 Å². The molecule has 108 valence electrons. The smallest absolute Gasteiger partial charge is 0.136 e. The maximum atomic E-state index is 9.42. The highest BCUT2D eigenvalue weighted by atomic mass is 32.2. The third-order valence-corrected chi connectivity index (χ3v) is 4.37. The van der Waals surface area contributed by atoms with Crippen LogP contribution in [-0.4, -0.2) is 35.2 Å². The van der Waals surface area contributed by atoms with E-state index in [9.17, 15) is 5.11 Å². The van der Waals surface area contributed by atoms with Crippen molar-refractivity contribution >= 4 is 28.4 Å². The molecule has 0 saturated heterocycles. The minimum Gasteiger partial charge on any atom is -0.390 e. The number of anilines is 1. The van der Waals surface area contributed by atoms with Gasteiger partial charge in [0.05, 0.1) is 12.3 Å². The molecular formula is C16H22N2OS. The summed E-state index contributed by atoms with van der Waals surface area (Å²) in [5, 5.41) is 11.7. The third-order valence-electron chi connectivity index (χ3n) is 3.65. The van der Waals surface area contributed by atoms with Gasteiger partial charge in [-0.2, -0.15) is 11.8 Å². The third kappa shape index (κ3) is 3.07. The Balaban J connectivity index is 2.50. The standard InChI is InChI=1S/C16H22N2OS/c1-4-14(11-20-3)18(2)16-15-8-6-5-7-12(15)9-13(10-19)17-16/h5-9,14,19H,4,10-11H2,1-3H3. The average Bonchev–Trinajstić information content (AvgIpc) is 2.50. The number of aliphatic hydroxyl groups is 1. The van der Waals surface area contributed by atoms with Crippen molar-refractivity contribution in [3.05, 3.63) is 36.0 Å². The number of nitrogens with zero attached hydrogens (tertiary/aromatic N) is 2. The molecule has 3 nitrogen and oxygen atoms in total. The maximum absolute atomic E-state index is 9.42. The fourth-order valence-corrected chi connectivity index (χ4v) is 3.30. The summed E-state index contributed by atoms with van der Waals surface area (Å²) in [5.74, 6) is 2.04. The molecule has 1 atom stereocenters. The van der Waals surface area contributed by atoms with Gasteiger partial charge in [-0.05, 0) is 24.1 Å². The predicted octanol–water partition coefficient (Wildman–Crippen LogP) is 3.30. The molecule has 0 saturated carbocycles. The molecule has 1 heterocycles. The van der Waals surface area contributed by atoms with E-state index in [-0.39, 0.29) is 6.61 Å². The summed E-state index contributed by atoms with van der Waals surface area (Å²) < 4.78 is 0. The summed E-state index contributed by atoms with van der Waals surface area (Å²) in [6, 6.07) is 10.6. The van der Waals surface area contributed by atoms with E-state index in [1.54, 1.807) is 0 Å². The summed E-state index contributed by atoms with van der Waals surface area (Å²) in [6.07, 6.45) is 3.21. The monoisotopic (exact) mass is 290 g/mol. The predicted molar refractivity (Wildman–Crippen MR) is 88.5 cm³/mol. The summed E-state index contributed by atoms with van der Waals surface area (Å²) >= 11 is 1.85. The van der Waals surface area contributed by atoms with Gasteiger partial charge < -0.3 is 10.0 Å². The van der Waals surface area contributed by atoms with E-state index in [0.29, 0.717) is 6.04 Å². The molecule has 1 aromatic heterocycles. The molecule has 1 aromatic carbocycles. The first-order valence-electron chi connectivity index (χ1n) is 6.92. The van der Waals surface area contributed by atoms with E-state index < -0.39 is 0 Å². The number of aliphatic hydroxyl groups excluding tert-OH is 1. The Morgan fingerprint density at radius 3 is 2.75 bits per heavy atom. The van der Waals surface area contributed by atoms with Gasteiger partial charge in [0.25, 0.3) is 0 Å². The first-order chi connectivity index (χ1) is 9.71. The van der Waals surface area contributed by atoms with E-state index in [0.717, 1.165) is 34.5 Å². The number of fused-ring (bicyclic) bond motifs is 1. The Morgan fingerprint density at radius 2 is 2.10 bits per heavy atom. The highest BCUT2D eigenvalue weighted by Crippen LogP contribution is 2.27. The molecule has 0 aliphatic carbocycles. The second-order valence-corrected chi connectivity index (χ2v) is 5.86. The second-order valence-electron chi connectivity index (χ2n) is 4.94. The zero-order valence-corrected chi connectivity index (χ0v) is 13.2. The molecule has 4 heteroatoms. The van der Waals surface area contributed by atoms with Gasteiger partial charge >= 0.3 is 0 Å². The Morgan fingerprint density at radius 1 is 1.35 bits per heavy atom. The van der Waals surface area contributed by atoms with E-state index >= 15 is 0 Å². The molecule has 0 fully saturated rings. The second kappa shape index (κ2) is 6.95. The molecule has 2 rings (SSSR count). The lowest BCUT2D eigenvalue weighted by Gasteiger charge is -2.29. The molecule has 0 spiro atoms. The molecule has 1 N–H and O–H groups in total. The normalized spacial score (nSPS) is 12.6. The minimum absolute atomic E-state index is 0.0228. The number of rotatable bonds is 6. The number of hydrogen-bond acceptors (Lipinski definition) is 4. The van der Waals surface area contributed by atoms with Crippen molar-refractivity contribution in [1.29, 1.82) is 0 Å². The van der Waals surface area contributed by atoms with E-state index in [4.69, 9.17) is 0 Å². The van der Waals surface area contributed by atoms with Crippen LogP contribution < -0.4 is 4.90 Å². The van der Waals surface area contributed by atoms with Crippen molar-refractivity contribution in [1.82, 2.24) is 4.98 Å². The average molecular weight is 290 g/mol.